The normalized spacial score (nSPS) is 12.6. The Morgan fingerprint density at radius 1 is 1.21 bits per heavy atom. The van der Waals surface area contributed by atoms with Gasteiger partial charge in [0.05, 0.1) is 6.61 Å². The van der Waals surface area contributed by atoms with E-state index in [1.807, 2.05) is 10.6 Å². The Morgan fingerprint density at radius 3 is 2.31 bits per heavy atom. The lowest BCUT2D eigenvalue weighted by Gasteiger charge is -2.20. The first-order valence-electron chi connectivity index (χ1n) is 8.21. The minimum Gasteiger partial charge on any atom is -0.462 e. The second kappa shape index (κ2) is 9.34. The Bertz CT molecular complexity index is 817. The number of allylic oxidation sites excluding steroid dienone is 1. The zero-order chi connectivity index (χ0) is 22.4. The number of hydrogen-bond acceptors (Lipinski definition) is 7. The fraction of sp³-hybridized carbons (Fsp3) is 0.412. The van der Waals surface area contributed by atoms with Crippen molar-refractivity contribution in [1.82, 2.24) is 4.98 Å². The molecule has 1 aromatic heterocycles. The summed E-state index contributed by atoms with van der Waals surface area (Å²) in [6, 6.07) is 1.61. The molecule has 0 aromatic carbocycles. The molecule has 0 aliphatic carbocycles. The molecule has 1 aromatic rings. The Balaban J connectivity index is 3.27. The fourth-order valence-electron chi connectivity index (χ4n) is 1.86. The number of alkyl halides is 3. The SMILES string of the molecule is CCOC(=O)/C(C=N)=C(/Nc1ccc(F)c(NC(=O)OC(C)(C)C)n1)C(F)(F)F. The monoisotopic (exact) mass is 420 g/mol. The van der Waals surface area contributed by atoms with Crippen LogP contribution in [0.15, 0.2) is 23.4 Å². The lowest BCUT2D eigenvalue weighted by molar-refractivity contribution is -0.139. The molecule has 0 radical (unpaired) electrons. The Kier molecular flexibility index (Phi) is 7.69. The molecule has 0 aliphatic heterocycles. The van der Waals surface area contributed by atoms with Gasteiger partial charge in [-0.25, -0.2) is 19.0 Å². The van der Waals surface area contributed by atoms with Gasteiger partial charge in [-0.2, -0.15) is 13.2 Å². The number of esters is 1. The number of anilines is 2. The third-order valence-electron chi connectivity index (χ3n) is 2.91. The summed E-state index contributed by atoms with van der Waals surface area (Å²) in [5.41, 5.74) is -3.64. The van der Waals surface area contributed by atoms with Crippen molar-refractivity contribution in [2.75, 3.05) is 17.2 Å². The van der Waals surface area contributed by atoms with Crippen molar-refractivity contribution in [3.63, 3.8) is 0 Å². The zero-order valence-electron chi connectivity index (χ0n) is 16.0. The maximum atomic E-state index is 13.9. The number of amides is 1. The molecule has 160 valence electrons. The lowest BCUT2D eigenvalue weighted by atomic mass is 10.2. The highest BCUT2D eigenvalue weighted by Crippen LogP contribution is 2.30. The van der Waals surface area contributed by atoms with E-state index in [9.17, 15) is 27.2 Å². The molecule has 0 atom stereocenters. The van der Waals surface area contributed by atoms with Crippen molar-refractivity contribution in [2.24, 2.45) is 0 Å². The number of pyridine rings is 1. The van der Waals surface area contributed by atoms with Crippen LogP contribution in [0.4, 0.5) is 34.0 Å². The quantitative estimate of drug-likeness (QED) is 0.277. The number of ether oxygens (including phenoxy) is 2. The van der Waals surface area contributed by atoms with Gasteiger partial charge in [0, 0.05) is 6.21 Å². The number of nitrogens with one attached hydrogen (secondary N) is 3. The number of hydrogen-bond donors (Lipinski definition) is 3. The van der Waals surface area contributed by atoms with Crippen LogP contribution in [0.5, 0.6) is 0 Å². The molecule has 1 amide bonds. The van der Waals surface area contributed by atoms with E-state index in [1.54, 1.807) is 20.8 Å². The first-order chi connectivity index (χ1) is 13.3. The van der Waals surface area contributed by atoms with Crippen LogP contribution >= 0.6 is 0 Å². The van der Waals surface area contributed by atoms with Gasteiger partial charge in [-0.3, -0.25) is 5.32 Å². The van der Waals surface area contributed by atoms with E-state index in [-0.39, 0.29) is 12.8 Å². The van der Waals surface area contributed by atoms with Crippen molar-refractivity contribution in [3.05, 3.63) is 29.2 Å². The summed E-state index contributed by atoms with van der Waals surface area (Å²) in [5.74, 6) is -3.65. The van der Waals surface area contributed by atoms with E-state index in [0.29, 0.717) is 0 Å². The number of aromatic nitrogens is 1. The fourth-order valence-corrected chi connectivity index (χ4v) is 1.86. The van der Waals surface area contributed by atoms with Crippen molar-refractivity contribution in [1.29, 1.82) is 5.41 Å². The Hall–Kier alpha value is -3.18. The molecule has 3 N–H and O–H groups in total. The van der Waals surface area contributed by atoms with Gasteiger partial charge < -0.3 is 20.2 Å². The molecule has 29 heavy (non-hydrogen) atoms. The van der Waals surface area contributed by atoms with Gasteiger partial charge in [-0.15, -0.1) is 0 Å². The van der Waals surface area contributed by atoms with Crippen molar-refractivity contribution in [2.45, 2.75) is 39.5 Å². The van der Waals surface area contributed by atoms with Gasteiger partial charge in [-0.05, 0) is 39.8 Å². The molecule has 1 rings (SSSR count). The molecule has 8 nitrogen and oxygen atoms in total. The summed E-state index contributed by atoms with van der Waals surface area (Å²) < 4.78 is 63.5. The highest BCUT2D eigenvalue weighted by Gasteiger charge is 2.39. The maximum Gasteiger partial charge on any atom is 0.432 e. The summed E-state index contributed by atoms with van der Waals surface area (Å²) in [7, 11) is 0. The number of halogens is 4. The highest BCUT2D eigenvalue weighted by atomic mass is 19.4. The van der Waals surface area contributed by atoms with Gasteiger partial charge >= 0.3 is 18.2 Å². The molecule has 1 heterocycles. The van der Waals surface area contributed by atoms with Gasteiger partial charge in [0.15, 0.2) is 11.6 Å². The second-order valence-electron chi connectivity index (χ2n) is 6.43. The van der Waals surface area contributed by atoms with Crippen LogP contribution < -0.4 is 10.6 Å². The number of carbonyl (C=O) groups excluding carboxylic acids is 2. The molecule has 0 saturated heterocycles. The number of nitrogens with zero attached hydrogens (tertiary/aromatic N) is 1. The molecular weight excluding hydrogens is 400 g/mol. The molecule has 12 heteroatoms. The van der Waals surface area contributed by atoms with E-state index in [2.05, 4.69) is 9.72 Å². The summed E-state index contributed by atoms with van der Waals surface area (Å²) in [6.45, 7) is 5.85. The maximum absolute atomic E-state index is 13.9. The van der Waals surface area contributed by atoms with Gasteiger partial charge in [0.1, 0.15) is 22.7 Å². The van der Waals surface area contributed by atoms with Crippen LogP contribution in [0.3, 0.4) is 0 Å². The smallest absolute Gasteiger partial charge is 0.432 e. The first-order valence-corrected chi connectivity index (χ1v) is 8.21. The van der Waals surface area contributed by atoms with Crippen LogP contribution in [0.25, 0.3) is 0 Å². The standard InChI is InChI=1S/C17H20F4N4O4/c1-5-28-14(26)9(8-22)12(17(19,20)21)23-11-7-6-10(18)13(24-11)25-15(27)29-16(2,3)4/h6-8,22H,5H2,1-4H3,(H2,23,24,25,27)/b12-9+,22-8?. The predicted octanol–water partition coefficient (Wildman–Crippen LogP) is 4.01. The molecule has 0 aliphatic rings. The topological polar surface area (TPSA) is 113 Å². The van der Waals surface area contributed by atoms with E-state index in [0.717, 1.165) is 12.1 Å². The summed E-state index contributed by atoms with van der Waals surface area (Å²) >= 11 is 0. The minimum atomic E-state index is -5.09. The summed E-state index contributed by atoms with van der Waals surface area (Å²) in [5, 5.41) is 10.9. The van der Waals surface area contributed by atoms with Gasteiger partial charge in [0.25, 0.3) is 0 Å². The molecule has 0 saturated carbocycles. The van der Waals surface area contributed by atoms with E-state index >= 15 is 0 Å². The molecule has 0 bridgehead atoms. The van der Waals surface area contributed by atoms with Crippen LogP contribution in [0.1, 0.15) is 27.7 Å². The molecule has 0 fully saturated rings. The van der Waals surface area contributed by atoms with Crippen LogP contribution in [0.2, 0.25) is 0 Å². The highest BCUT2D eigenvalue weighted by molar-refractivity contribution is 6.09. The van der Waals surface area contributed by atoms with Crippen molar-refractivity contribution >= 4 is 29.9 Å². The first kappa shape index (κ1) is 23.9. The van der Waals surface area contributed by atoms with Gasteiger partial charge in [-0.1, -0.05) is 0 Å². The zero-order valence-corrected chi connectivity index (χ0v) is 16.0. The summed E-state index contributed by atoms with van der Waals surface area (Å²) in [4.78, 5) is 27.0. The van der Waals surface area contributed by atoms with Crippen LogP contribution in [-0.4, -0.2) is 41.6 Å². The van der Waals surface area contributed by atoms with E-state index in [4.69, 9.17) is 10.1 Å². The second-order valence-corrected chi connectivity index (χ2v) is 6.43. The summed E-state index contributed by atoms with van der Waals surface area (Å²) in [6.07, 6.45) is -5.98. The molecule has 0 unspecified atom stereocenters. The lowest BCUT2D eigenvalue weighted by Crippen LogP contribution is -2.28. The predicted molar refractivity (Wildman–Crippen MR) is 96.2 cm³/mol. The minimum absolute atomic E-state index is 0.178. The van der Waals surface area contributed by atoms with Crippen molar-refractivity contribution < 1.29 is 36.6 Å². The molecular formula is C17H20F4N4O4. The van der Waals surface area contributed by atoms with E-state index in [1.165, 1.54) is 6.92 Å². The van der Waals surface area contributed by atoms with Crippen molar-refractivity contribution in [3.8, 4) is 0 Å². The third kappa shape index (κ3) is 7.39. The average molecular weight is 420 g/mol. The molecule has 0 spiro atoms. The number of carbonyl (C=O) groups is 2. The van der Waals surface area contributed by atoms with E-state index < -0.39 is 52.6 Å². The third-order valence-corrected chi connectivity index (χ3v) is 2.91. The average Bonchev–Trinajstić information content (AvgIpc) is 2.55. The number of rotatable bonds is 6. The van der Waals surface area contributed by atoms with Crippen LogP contribution in [0, 0.1) is 11.2 Å². The Labute approximate surface area is 163 Å². The Morgan fingerprint density at radius 2 is 1.83 bits per heavy atom. The largest absolute Gasteiger partial charge is 0.462 e. The van der Waals surface area contributed by atoms with Crippen LogP contribution in [-0.2, 0) is 14.3 Å². The van der Waals surface area contributed by atoms with Gasteiger partial charge in [0.2, 0.25) is 0 Å².